The van der Waals surface area contributed by atoms with Gasteiger partial charge in [0.1, 0.15) is 0 Å². The van der Waals surface area contributed by atoms with Crippen molar-refractivity contribution in [3.8, 4) is 0 Å². The van der Waals surface area contributed by atoms with E-state index in [4.69, 9.17) is 11.6 Å². The molecule has 0 radical (unpaired) electrons. The van der Waals surface area contributed by atoms with Gasteiger partial charge in [-0.05, 0) is 31.3 Å². The van der Waals surface area contributed by atoms with E-state index in [2.05, 4.69) is 32.4 Å². The monoisotopic (exact) mass is 389 g/mol. The number of aromatic nitrogens is 2. The molecule has 1 aliphatic rings. The van der Waals surface area contributed by atoms with Crippen molar-refractivity contribution in [1.29, 1.82) is 0 Å². The van der Waals surface area contributed by atoms with E-state index in [0.29, 0.717) is 15.6 Å². The lowest BCUT2D eigenvalue weighted by molar-refractivity contribution is 0.103. The Morgan fingerprint density at radius 3 is 2.88 bits per heavy atom. The highest BCUT2D eigenvalue weighted by Crippen LogP contribution is 2.29. The number of piperazine rings is 1. The van der Waals surface area contributed by atoms with Crippen LogP contribution in [0.1, 0.15) is 14.5 Å². The fourth-order valence-corrected chi connectivity index (χ4v) is 4.25. The number of nitrogens with zero attached hydrogens (tertiary/aromatic N) is 3. The maximum atomic E-state index is 12.6. The van der Waals surface area contributed by atoms with E-state index in [1.165, 1.54) is 4.88 Å². The molecule has 8 heteroatoms. The molecule has 1 amide bonds. The molecule has 0 aliphatic carbocycles. The van der Waals surface area contributed by atoms with Crippen LogP contribution in [0.15, 0.2) is 30.5 Å². The number of anilines is 1. The maximum absolute atomic E-state index is 12.6. The average Bonchev–Trinajstić information content (AvgIpc) is 3.29. The topological polar surface area (TPSA) is 64.3 Å². The zero-order valence-electron chi connectivity index (χ0n) is 14.5. The van der Waals surface area contributed by atoms with Crippen LogP contribution in [0.25, 0.3) is 10.9 Å². The molecule has 3 aromatic rings. The molecule has 26 heavy (non-hydrogen) atoms. The van der Waals surface area contributed by atoms with Gasteiger partial charge in [0.15, 0.2) is 0 Å². The zero-order valence-corrected chi connectivity index (χ0v) is 16.0. The molecule has 0 spiro atoms. The minimum atomic E-state index is -0.113. The van der Waals surface area contributed by atoms with E-state index < -0.39 is 0 Å². The largest absolute Gasteiger partial charge is 0.319 e. The molecule has 3 heterocycles. The number of hydrogen-bond donors (Lipinski definition) is 2. The summed E-state index contributed by atoms with van der Waals surface area (Å²) in [4.78, 5) is 19.3. The van der Waals surface area contributed by atoms with Crippen molar-refractivity contribution < 1.29 is 4.79 Å². The first-order valence-electron chi connectivity index (χ1n) is 8.53. The van der Waals surface area contributed by atoms with Crippen molar-refractivity contribution in [2.24, 2.45) is 0 Å². The van der Waals surface area contributed by atoms with Crippen LogP contribution in [0.3, 0.4) is 0 Å². The van der Waals surface area contributed by atoms with Gasteiger partial charge in [-0.3, -0.25) is 14.8 Å². The number of amides is 1. The van der Waals surface area contributed by atoms with E-state index in [1.807, 2.05) is 12.1 Å². The van der Waals surface area contributed by atoms with Crippen LogP contribution in [0.5, 0.6) is 0 Å². The molecule has 4 rings (SSSR count). The molecule has 0 saturated carbocycles. The summed E-state index contributed by atoms with van der Waals surface area (Å²) in [5, 5.41) is 11.3. The van der Waals surface area contributed by atoms with Crippen molar-refractivity contribution in [2.75, 3.05) is 38.5 Å². The summed E-state index contributed by atoms with van der Waals surface area (Å²) >= 11 is 7.70. The lowest BCUT2D eigenvalue weighted by Gasteiger charge is -2.31. The third kappa shape index (κ3) is 3.61. The fraction of sp³-hybridized carbons (Fsp3) is 0.333. The minimum absolute atomic E-state index is 0.113. The van der Waals surface area contributed by atoms with E-state index in [0.717, 1.165) is 43.6 Å². The Labute approximate surface area is 160 Å². The number of rotatable bonds is 4. The molecule has 1 fully saturated rings. The summed E-state index contributed by atoms with van der Waals surface area (Å²) in [6.45, 7) is 5.22. The Morgan fingerprint density at radius 1 is 1.27 bits per heavy atom. The van der Waals surface area contributed by atoms with Gasteiger partial charge in [0, 0.05) is 43.0 Å². The van der Waals surface area contributed by atoms with Gasteiger partial charge in [0.05, 0.1) is 27.3 Å². The summed E-state index contributed by atoms with van der Waals surface area (Å²) < 4.78 is 0. The quantitative estimate of drug-likeness (QED) is 0.718. The second kappa shape index (κ2) is 7.36. The van der Waals surface area contributed by atoms with Gasteiger partial charge in [-0.1, -0.05) is 11.6 Å². The first-order chi connectivity index (χ1) is 12.6. The fourth-order valence-electron chi connectivity index (χ4n) is 3.10. The van der Waals surface area contributed by atoms with Crippen LogP contribution in [-0.2, 0) is 6.54 Å². The highest BCUT2D eigenvalue weighted by atomic mass is 35.5. The number of H-pyrrole nitrogens is 1. The molecule has 1 aliphatic heterocycles. The summed E-state index contributed by atoms with van der Waals surface area (Å²) in [5.74, 6) is -0.113. The van der Waals surface area contributed by atoms with E-state index in [9.17, 15) is 4.79 Å². The van der Waals surface area contributed by atoms with Crippen LogP contribution < -0.4 is 5.32 Å². The summed E-state index contributed by atoms with van der Waals surface area (Å²) in [5.41, 5.74) is 1.42. The smallest absolute Gasteiger partial charge is 0.265 e. The van der Waals surface area contributed by atoms with Gasteiger partial charge in [-0.15, -0.1) is 11.3 Å². The average molecular weight is 390 g/mol. The summed E-state index contributed by atoms with van der Waals surface area (Å²) in [6.07, 6.45) is 1.66. The Balaban J connectivity index is 1.44. The van der Waals surface area contributed by atoms with Gasteiger partial charge in [-0.25, -0.2) is 0 Å². The number of halogens is 1. The number of fused-ring (bicyclic) bond motifs is 1. The van der Waals surface area contributed by atoms with E-state index >= 15 is 0 Å². The van der Waals surface area contributed by atoms with Crippen molar-refractivity contribution in [3.05, 3.63) is 45.2 Å². The number of thiophene rings is 1. The predicted molar refractivity (Wildman–Crippen MR) is 106 cm³/mol. The lowest BCUT2D eigenvalue weighted by atomic mass is 10.2. The molecule has 0 unspecified atom stereocenters. The number of hydrogen-bond acceptors (Lipinski definition) is 5. The molecule has 6 nitrogen and oxygen atoms in total. The molecular formula is C18H20ClN5OS. The number of carbonyl (C=O) groups excluding carboxylic acids is 1. The number of nitrogens with one attached hydrogen (secondary N) is 2. The second-order valence-corrected chi connectivity index (χ2v) is 8.13. The second-order valence-electron chi connectivity index (χ2n) is 6.55. The third-order valence-corrected chi connectivity index (χ3v) is 6.07. The predicted octanol–water partition coefficient (Wildman–Crippen LogP) is 3.28. The molecule has 0 atom stereocenters. The summed E-state index contributed by atoms with van der Waals surface area (Å²) in [7, 11) is 2.15. The number of benzene rings is 1. The number of likely N-dealkylation sites (N-methyl/N-ethyl adjacent to an activating group) is 1. The Morgan fingerprint density at radius 2 is 2.08 bits per heavy atom. The molecule has 2 aromatic heterocycles. The Hall–Kier alpha value is -1.93. The van der Waals surface area contributed by atoms with E-state index in [1.54, 1.807) is 29.7 Å². The number of carbonyl (C=O) groups is 1. The van der Waals surface area contributed by atoms with Crippen LogP contribution in [-0.4, -0.2) is 59.1 Å². The van der Waals surface area contributed by atoms with Crippen LogP contribution in [0.4, 0.5) is 5.69 Å². The molecule has 0 bridgehead atoms. The first kappa shape index (κ1) is 17.5. The van der Waals surface area contributed by atoms with Crippen LogP contribution >= 0.6 is 22.9 Å². The van der Waals surface area contributed by atoms with Gasteiger partial charge in [-0.2, -0.15) is 5.10 Å². The van der Waals surface area contributed by atoms with Crippen molar-refractivity contribution in [3.63, 3.8) is 0 Å². The maximum Gasteiger partial charge on any atom is 0.265 e. The standard InChI is InChI=1S/C18H20ClN5OS/c1-23-6-8-24(9-7-23)11-12-2-5-16(26-12)18(25)21-15-4-3-14(19)13-10-20-22-17(13)15/h2-5,10H,6-9,11H2,1H3,(H,20,22)(H,21,25). The number of aromatic amines is 1. The van der Waals surface area contributed by atoms with Crippen molar-refractivity contribution >= 4 is 45.4 Å². The zero-order chi connectivity index (χ0) is 18.1. The SMILES string of the molecule is CN1CCN(Cc2ccc(C(=O)Nc3ccc(Cl)c4cn[nH]c34)s2)CC1. The van der Waals surface area contributed by atoms with Gasteiger partial charge in [0.2, 0.25) is 0 Å². The first-order valence-corrected chi connectivity index (χ1v) is 9.72. The molecule has 2 N–H and O–H groups in total. The third-order valence-electron chi connectivity index (χ3n) is 4.67. The minimum Gasteiger partial charge on any atom is -0.319 e. The molecular weight excluding hydrogens is 370 g/mol. The van der Waals surface area contributed by atoms with Crippen molar-refractivity contribution in [1.82, 2.24) is 20.0 Å². The molecule has 1 saturated heterocycles. The molecule has 136 valence electrons. The van der Waals surface area contributed by atoms with E-state index in [-0.39, 0.29) is 5.91 Å². The van der Waals surface area contributed by atoms with Gasteiger partial charge >= 0.3 is 0 Å². The van der Waals surface area contributed by atoms with Gasteiger partial charge < -0.3 is 10.2 Å². The highest BCUT2D eigenvalue weighted by molar-refractivity contribution is 7.14. The summed E-state index contributed by atoms with van der Waals surface area (Å²) in [6, 6.07) is 7.50. The highest BCUT2D eigenvalue weighted by Gasteiger charge is 2.17. The van der Waals surface area contributed by atoms with Crippen LogP contribution in [0.2, 0.25) is 5.02 Å². The normalized spacial score (nSPS) is 16.2. The van der Waals surface area contributed by atoms with Crippen molar-refractivity contribution in [2.45, 2.75) is 6.54 Å². The molecule has 1 aromatic carbocycles. The lowest BCUT2D eigenvalue weighted by Crippen LogP contribution is -2.43. The Kier molecular flexibility index (Phi) is 4.95. The van der Waals surface area contributed by atoms with Gasteiger partial charge in [0.25, 0.3) is 5.91 Å². The van der Waals surface area contributed by atoms with Crippen LogP contribution in [0, 0.1) is 0 Å². The Bertz CT molecular complexity index is 929.